The van der Waals surface area contributed by atoms with Crippen LogP contribution in [0.4, 0.5) is 0 Å². The molecule has 0 heterocycles. The third-order valence-electron chi connectivity index (χ3n) is 4.09. The first-order chi connectivity index (χ1) is 14.9. The Morgan fingerprint density at radius 3 is 2.48 bits per heavy atom. The predicted octanol–water partition coefficient (Wildman–Crippen LogP) is 3.74. The number of nitrogens with one attached hydrogen (secondary N) is 1. The molecule has 1 amide bonds. The summed E-state index contributed by atoms with van der Waals surface area (Å²) in [6.07, 6.45) is 1.34. The number of aromatic hydroxyl groups is 2. The van der Waals surface area contributed by atoms with Gasteiger partial charge in [0, 0.05) is 6.07 Å². The van der Waals surface area contributed by atoms with Crippen molar-refractivity contribution < 1.29 is 29.3 Å². The highest BCUT2D eigenvalue weighted by Crippen LogP contribution is 2.29. The van der Waals surface area contributed by atoms with Gasteiger partial charge in [0.1, 0.15) is 11.5 Å². The maximum Gasteiger partial charge on any atom is 0.345 e. The molecule has 0 aliphatic heterocycles. The number of halogens is 1. The van der Waals surface area contributed by atoms with Gasteiger partial charge < -0.3 is 19.7 Å². The lowest BCUT2D eigenvalue weighted by molar-refractivity contribution is 0.0729. The number of benzene rings is 3. The summed E-state index contributed by atoms with van der Waals surface area (Å²) in [5, 5.41) is 23.1. The van der Waals surface area contributed by atoms with Crippen molar-refractivity contribution in [3.05, 3.63) is 82.4 Å². The minimum atomic E-state index is -0.661. The summed E-state index contributed by atoms with van der Waals surface area (Å²) in [5.74, 6) is -1.38. The molecule has 0 spiro atoms. The van der Waals surface area contributed by atoms with Gasteiger partial charge in [-0.15, -0.1) is 0 Å². The predicted molar refractivity (Wildman–Crippen MR) is 114 cm³/mol. The van der Waals surface area contributed by atoms with E-state index in [2.05, 4.69) is 10.5 Å². The van der Waals surface area contributed by atoms with Crippen molar-refractivity contribution in [1.82, 2.24) is 5.43 Å². The lowest BCUT2D eigenvalue weighted by Crippen LogP contribution is -2.17. The Bertz CT molecular complexity index is 1160. The maximum atomic E-state index is 12.3. The van der Waals surface area contributed by atoms with Crippen LogP contribution in [-0.4, -0.2) is 35.4 Å². The molecule has 3 aromatic carbocycles. The van der Waals surface area contributed by atoms with Crippen LogP contribution in [0.2, 0.25) is 5.02 Å². The lowest BCUT2D eigenvalue weighted by atomic mass is 10.2. The first kappa shape index (κ1) is 21.7. The zero-order valence-corrected chi connectivity index (χ0v) is 17.0. The van der Waals surface area contributed by atoms with Gasteiger partial charge in [-0.2, -0.15) is 5.10 Å². The van der Waals surface area contributed by atoms with Crippen LogP contribution in [0.3, 0.4) is 0 Å². The SMILES string of the molecule is COc1cc(C=NNC(=O)c2ccc(O)cc2O)ccc1OC(=O)c1ccccc1Cl. The number of rotatable bonds is 6. The lowest BCUT2D eigenvalue weighted by Gasteiger charge is -2.10. The minimum absolute atomic E-state index is 0.0469. The first-order valence-electron chi connectivity index (χ1n) is 8.89. The average molecular weight is 441 g/mol. The van der Waals surface area contributed by atoms with E-state index in [0.29, 0.717) is 5.56 Å². The van der Waals surface area contributed by atoms with Crippen LogP contribution >= 0.6 is 11.6 Å². The van der Waals surface area contributed by atoms with Crippen LogP contribution in [-0.2, 0) is 0 Å². The van der Waals surface area contributed by atoms with E-state index >= 15 is 0 Å². The zero-order valence-electron chi connectivity index (χ0n) is 16.2. The summed E-state index contributed by atoms with van der Waals surface area (Å²) in [6, 6.07) is 14.8. The van der Waals surface area contributed by atoms with Crippen LogP contribution in [0.1, 0.15) is 26.3 Å². The topological polar surface area (TPSA) is 117 Å². The van der Waals surface area contributed by atoms with E-state index in [1.807, 2.05) is 0 Å². The molecular weight excluding hydrogens is 424 g/mol. The van der Waals surface area contributed by atoms with E-state index in [-0.39, 0.29) is 39.1 Å². The van der Waals surface area contributed by atoms with Gasteiger partial charge in [-0.1, -0.05) is 23.7 Å². The maximum absolute atomic E-state index is 12.3. The number of carbonyl (C=O) groups is 2. The van der Waals surface area contributed by atoms with Gasteiger partial charge in [0.05, 0.1) is 29.5 Å². The number of nitrogens with zero attached hydrogens (tertiary/aromatic N) is 1. The average Bonchev–Trinajstić information content (AvgIpc) is 2.74. The van der Waals surface area contributed by atoms with Gasteiger partial charge in [-0.3, -0.25) is 4.79 Å². The van der Waals surface area contributed by atoms with Gasteiger partial charge in [0.15, 0.2) is 11.5 Å². The van der Waals surface area contributed by atoms with Crippen LogP contribution < -0.4 is 14.9 Å². The number of amides is 1. The number of hydrogen-bond donors (Lipinski definition) is 3. The van der Waals surface area contributed by atoms with Crippen LogP contribution in [0.25, 0.3) is 0 Å². The molecule has 9 heteroatoms. The first-order valence-corrected chi connectivity index (χ1v) is 9.27. The highest BCUT2D eigenvalue weighted by molar-refractivity contribution is 6.33. The largest absolute Gasteiger partial charge is 0.508 e. The second kappa shape index (κ2) is 9.64. The summed E-state index contributed by atoms with van der Waals surface area (Å²) in [5.41, 5.74) is 2.99. The molecule has 3 aromatic rings. The number of carbonyl (C=O) groups excluding carboxylic acids is 2. The fourth-order valence-electron chi connectivity index (χ4n) is 2.57. The van der Waals surface area contributed by atoms with E-state index in [1.165, 1.54) is 31.5 Å². The molecule has 0 aliphatic rings. The molecule has 0 radical (unpaired) electrons. The van der Waals surface area contributed by atoms with Crippen LogP contribution in [0.15, 0.2) is 65.8 Å². The molecule has 0 fully saturated rings. The summed E-state index contributed by atoms with van der Waals surface area (Å²) in [6.45, 7) is 0. The quantitative estimate of drug-likeness (QED) is 0.232. The monoisotopic (exact) mass is 440 g/mol. The van der Waals surface area contributed by atoms with Crippen LogP contribution in [0, 0.1) is 0 Å². The third-order valence-corrected chi connectivity index (χ3v) is 4.42. The molecule has 0 bridgehead atoms. The number of phenols is 2. The number of esters is 1. The molecule has 158 valence electrons. The Labute approximate surface area is 182 Å². The highest BCUT2D eigenvalue weighted by atomic mass is 35.5. The Hall–Kier alpha value is -4.04. The van der Waals surface area contributed by atoms with Crippen molar-refractivity contribution >= 4 is 29.7 Å². The molecular formula is C22H17ClN2O6. The normalized spacial score (nSPS) is 10.6. The summed E-state index contributed by atoms with van der Waals surface area (Å²) in [4.78, 5) is 24.4. The third kappa shape index (κ3) is 5.31. The zero-order chi connectivity index (χ0) is 22.4. The number of phenolic OH excluding ortho intramolecular Hbond substituents is 2. The Morgan fingerprint density at radius 1 is 1.00 bits per heavy atom. The van der Waals surface area contributed by atoms with Crippen molar-refractivity contribution in [3.8, 4) is 23.0 Å². The molecule has 3 rings (SSSR count). The van der Waals surface area contributed by atoms with Gasteiger partial charge in [-0.25, -0.2) is 10.2 Å². The van der Waals surface area contributed by atoms with E-state index in [0.717, 1.165) is 6.07 Å². The Balaban J connectivity index is 1.70. The van der Waals surface area contributed by atoms with Crippen molar-refractivity contribution in [2.75, 3.05) is 7.11 Å². The molecule has 0 aromatic heterocycles. The van der Waals surface area contributed by atoms with Crippen molar-refractivity contribution in [1.29, 1.82) is 0 Å². The Kier molecular flexibility index (Phi) is 6.74. The molecule has 0 atom stereocenters. The van der Waals surface area contributed by atoms with E-state index in [9.17, 15) is 19.8 Å². The molecule has 3 N–H and O–H groups in total. The summed E-state index contributed by atoms with van der Waals surface area (Å²) in [7, 11) is 1.42. The second-order valence-electron chi connectivity index (χ2n) is 6.18. The number of methoxy groups -OCH3 is 1. The second-order valence-corrected chi connectivity index (χ2v) is 6.59. The molecule has 0 unspecified atom stereocenters. The fourth-order valence-corrected chi connectivity index (χ4v) is 2.78. The molecule has 0 aliphatic carbocycles. The molecule has 0 saturated heterocycles. The van der Waals surface area contributed by atoms with Gasteiger partial charge in [0.25, 0.3) is 5.91 Å². The number of hydrogen-bond acceptors (Lipinski definition) is 7. The van der Waals surface area contributed by atoms with E-state index < -0.39 is 11.9 Å². The standard InChI is InChI=1S/C22H17ClN2O6/c1-30-20-10-13(12-24-25-21(28)16-8-7-14(26)11-18(16)27)6-9-19(20)31-22(29)15-4-2-3-5-17(15)23/h2-12,26-27H,1H3,(H,25,28). The molecule has 0 saturated carbocycles. The van der Waals surface area contributed by atoms with Gasteiger partial charge in [-0.05, 0) is 48.0 Å². The highest BCUT2D eigenvalue weighted by Gasteiger charge is 2.15. The van der Waals surface area contributed by atoms with Crippen molar-refractivity contribution in [2.24, 2.45) is 5.10 Å². The van der Waals surface area contributed by atoms with Crippen molar-refractivity contribution in [2.45, 2.75) is 0 Å². The minimum Gasteiger partial charge on any atom is -0.508 e. The van der Waals surface area contributed by atoms with Crippen LogP contribution in [0.5, 0.6) is 23.0 Å². The Morgan fingerprint density at radius 2 is 1.77 bits per heavy atom. The summed E-state index contributed by atoms with van der Waals surface area (Å²) >= 11 is 6.02. The van der Waals surface area contributed by atoms with E-state index in [1.54, 1.807) is 36.4 Å². The fraction of sp³-hybridized carbons (Fsp3) is 0.0455. The number of hydrazone groups is 1. The van der Waals surface area contributed by atoms with Gasteiger partial charge >= 0.3 is 5.97 Å². The summed E-state index contributed by atoms with van der Waals surface area (Å²) < 4.78 is 10.6. The van der Waals surface area contributed by atoms with E-state index in [4.69, 9.17) is 21.1 Å². The molecule has 8 nitrogen and oxygen atoms in total. The van der Waals surface area contributed by atoms with Gasteiger partial charge in [0.2, 0.25) is 0 Å². The smallest absolute Gasteiger partial charge is 0.345 e. The number of ether oxygens (including phenoxy) is 2. The van der Waals surface area contributed by atoms with Crippen molar-refractivity contribution in [3.63, 3.8) is 0 Å². The molecule has 31 heavy (non-hydrogen) atoms.